The zero-order valence-corrected chi connectivity index (χ0v) is 13.1. The number of para-hydroxylation sites is 1. The molecule has 1 heterocycles. The summed E-state index contributed by atoms with van der Waals surface area (Å²) in [5.41, 5.74) is 1.11. The molecule has 118 valence electrons. The number of amides is 1. The number of benzene rings is 1. The molecular formula is C16H21N3O3. The Morgan fingerprint density at radius 2 is 2.18 bits per heavy atom. The molecule has 0 aliphatic carbocycles. The third-order valence-electron chi connectivity index (χ3n) is 3.31. The highest BCUT2D eigenvalue weighted by Crippen LogP contribution is 2.22. The van der Waals surface area contributed by atoms with E-state index in [9.17, 15) is 4.79 Å². The fraction of sp³-hybridized carbons (Fsp3) is 0.438. The van der Waals surface area contributed by atoms with E-state index < -0.39 is 0 Å². The number of carbonyl (C=O) groups excluding carboxylic acids is 1. The Morgan fingerprint density at radius 3 is 2.86 bits per heavy atom. The second-order valence-electron chi connectivity index (χ2n) is 5.33. The molecule has 0 bridgehead atoms. The van der Waals surface area contributed by atoms with Crippen LogP contribution in [-0.4, -0.2) is 23.2 Å². The molecule has 6 nitrogen and oxygen atoms in total. The van der Waals surface area contributed by atoms with Gasteiger partial charge in [-0.1, -0.05) is 30.3 Å². The van der Waals surface area contributed by atoms with Crippen LogP contribution in [0.25, 0.3) is 0 Å². The van der Waals surface area contributed by atoms with Crippen LogP contribution in [-0.2, 0) is 17.8 Å². The molecule has 0 saturated heterocycles. The number of hydrogen-bond donors (Lipinski definition) is 1. The minimum atomic E-state index is -0.0233. The highest BCUT2D eigenvalue weighted by atomic mass is 16.5. The molecule has 2 rings (SSSR count). The van der Waals surface area contributed by atoms with Crippen LogP contribution in [0.4, 0.5) is 0 Å². The largest absolute Gasteiger partial charge is 0.496 e. The molecule has 0 aliphatic rings. The van der Waals surface area contributed by atoms with Crippen molar-refractivity contribution < 1.29 is 14.1 Å². The molecule has 1 N–H and O–H groups in total. The van der Waals surface area contributed by atoms with Gasteiger partial charge in [0.15, 0.2) is 5.82 Å². The Bertz CT molecular complexity index is 625. The maximum atomic E-state index is 11.9. The predicted molar refractivity (Wildman–Crippen MR) is 81.4 cm³/mol. The fourth-order valence-corrected chi connectivity index (χ4v) is 2.30. The summed E-state index contributed by atoms with van der Waals surface area (Å²) in [5, 5.41) is 6.54. The van der Waals surface area contributed by atoms with Gasteiger partial charge in [0, 0.05) is 13.3 Å². The van der Waals surface area contributed by atoms with Crippen molar-refractivity contribution in [3.63, 3.8) is 0 Å². The normalized spacial score (nSPS) is 12.0. The van der Waals surface area contributed by atoms with E-state index in [2.05, 4.69) is 15.5 Å². The van der Waals surface area contributed by atoms with Crippen LogP contribution in [0.15, 0.2) is 28.8 Å². The van der Waals surface area contributed by atoms with Crippen LogP contribution < -0.4 is 10.1 Å². The van der Waals surface area contributed by atoms with Gasteiger partial charge in [-0.2, -0.15) is 4.98 Å². The first kappa shape index (κ1) is 16.0. The summed E-state index contributed by atoms with van der Waals surface area (Å²) in [6.45, 7) is 4.05. The predicted octanol–water partition coefficient (Wildman–Crippen LogP) is 2.27. The van der Waals surface area contributed by atoms with Crippen molar-refractivity contribution in [2.75, 3.05) is 7.11 Å². The minimum Gasteiger partial charge on any atom is -0.496 e. The van der Waals surface area contributed by atoms with Gasteiger partial charge in [0.05, 0.1) is 13.7 Å². The number of hydrogen-bond acceptors (Lipinski definition) is 5. The first-order valence-electron chi connectivity index (χ1n) is 7.26. The number of rotatable bonds is 7. The summed E-state index contributed by atoms with van der Waals surface area (Å²) in [5.74, 6) is 2.03. The Labute approximate surface area is 129 Å². The summed E-state index contributed by atoms with van der Waals surface area (Å²) in [7, 11) is 1.66. The molecule has 1 aromatic heterocycles. The smallest absolute Gasteiger partial charge is 0.223 e. The number of nitrogens with zero attached hydrogens (tertiary/aromatic N) is 2. The molecule has 1 atom stereocenters. The van der Waals surface area contributed by atoms with Crippen molar-refractivity contribution in [2.24, 2.45) is 5.92 Å². The molecular weight excluding hydrogens is 282 g/mol. The monoisotopic (exact) mass is 303 g/mol. The Kier molecular flexibility index (Phi) is 5.52. The molecule has 0 radical (unpaired) electrons. The zero-order valence-electron chi connectivity index (χ0n) is 13.1. The maximum absolute atomic E-state index is 11.9. The van der Waals surface area contributed by atoms with E-state index in [0.29, 0.717) is 18.1 Å². The average Bonchev–Trinajstić information content (AvgIpc) is 2.91. The molecule has 6 heteroatoms. The van der Waals surface area contributed by atoms with Crippen LogP contribution in [0.3, 0.4) is 0 Å². The highest BCUT2D eigenvalue weighted by molar-refractivity contribution is 5.76. The van der Waals surface area contributed by atoms with E-state index in [1.165, 1.54) is 0 Å². The molecule has 0 unspecified atom stereocenters. The fourth-order valence-electron chi connectivity index (χ4n) is 2.30. The van der Waals surface area contributed by atoms with Gasteiger partial charge in [-0.15, -0.1) is 0 Å². The van der Waals surface area contributed by atoms with Crippen molar-refractivity contribution in [2.45, 2.75) is 33.2 Å². The average molecular weight is 303 g/mol. The SMILES string of the molecule is COc1ccccc1C[C@H](C)CC(=O)NCc1noc(C)n1. The quantitative estimate of drug-likeness (QED) is 0.849. The topological polar surface area (TPSA) is 77.2 Å². The second kappa shape index (κ2) is 7.59. The van der Waals surface area contributed by atoms with Crippen LogP contribution in [0.5, 0.6) is 5.75 Å². The number of methoxy groups -OCH3 is 1. The van der Waals surface area contributed by atoms with Crippen LogP contribution in [0, 0.1) is 12.8 Å². The Hall–Kier alpha value is -2.37. The zero-order chi connectivity index (χ0) is 15.9. The number of carbonyl (C=O) groups is 1. The minimum absolute atomic E-state index is 0.0233. The van der Waals surface area contributed by atoms with Gasteiger partial charge in [0.25, 0.3) is 0 Å². The summed E-state index contributed by atoms with van der Waals surface area (Å²) in [4.78, 5) is 16.0. The molecule has 22 heavy (non-hydrogen) atoms. The van der Waals surface area contributed by atoms with Crippen molar-refractivity contribution in [1.82, 2.24) is 15.5 Å². The van der Waals surface area contributed by atoms with E-state index >= 15 is 0 Å². The van der Waals surface area contributed by atoms with E-state index in [0.717, 1.165) is 17.7 Å². The second-order valence-corrected chi connectivity index (χ2v) is 5.33. The number of ether oxygens (including phenoxy) is 1. The van der Waals surface area contributed by atoms with Gasteiger partial charge in [-0.25, -0.2) is 0 Å². The molecule has 1 aromatic carbocycles. The van der Waals surface area contributed by atoms with Crippen molar-refractivity contribution in [3.8, 4) is 5.75 Å². The number of nitrogens with one attached hydrogen (secondary N) is 1. The Morgan fingerprint density at radius 1 is 1.41 bits per heavy atom. The summed E-state index contributed by atoms with van der Waals surface area (Å²) >= 11 is 0. The lowest BCUT2D eigenvalue weighted by Gasteiger charge is -2.13. The number of aryl methyl sites for hydroxylation is 1. The summed E-state index contributed by atoms with van der Waals surface area (Å²) < 4.78 is 10.2. The van der Waals surface area contributed by atoms with Gasteiger partial charge >= 0.3 is 0 Å². The first-order chi connectivity index (χ1) is 10.6. The van der Waals surface area contributed by atoms with Gasteiger partial charge in [-0.05, 0) is 24.0 Å². The van der Waals surface area contributed by atoms with Crippen LogP contribution in [0.1, 0.15) is 30.6 Å². The summed E-state index contributed by atoms with van der Waals surface area (Å²) in [6.07, 6.45) is 1.23. The van der Waals surface area contributed by atoms with E-state index in [1.54, 1.807) is 14.0 Å². The van der Waals surface area contributed by atoms with Crippen molar-refractivity contribution >= 4 is 5.91 Å². The lowest BCUT2D eigenvalue weighted by molar-refractivity contribution is -0.122. The highest BCUT2D eigenvalue weighted by Gasteiger charge is 2.13. The molecule has 0 spiro atoms. The third-order valence-corrected chi connectivity index (χ3v) is 3.31. The molecule has 0 saturated carbocycles. The van der Waals surface area contributed by atoms with E-state index in [1.807, 2.05) is 31.2 Å². The molecule has 0 fully saturated rings. The molecule has 1 amide bonds. The van der Waals surface area contributed by atoms with Gasteiger partial charge in [0.2, 0.25) is 11.8 Å². The third kappa shape index (κ3) is 4.58. The van der Waals surface area contributed by atoms with Crippen molar-refractivity contribution in [1.29, 1.82) is 0 Å². The first-order valence-corrected chi connectivity index (χ1v) is 7.26. The Balaban J connectivity index is 1.81. The van der Waals surface area contributed by atoms with Gasteiger partial charge in [0.1, 0.15) is 5.75 Å². The lowest BCUT2D eigenvalue weighted by atomic mass is 9.97. The summed E-state index contributed by atoms with van der Waals surface area (Å²) in [6, 6.07) is 7.87. The number of aromatic nitrogens is 2. The van der Waals surface area contributed by atoms with Crippen LogP contribution in [0.2, 0.25) is 0 Å². The van der Waals surface area contributed by atoms with Crippen molar-refractivity contribution in [3.05, 3.63) is 41.5 Å². The van der Waals surface area contributed by atoms with Gasteiger partial charge in [-0.3, -0.25) is 4.79 Å². The van der Waals surface area contributed by atoms with Gasteiger partial charge < -0.3 is 14.6 Å². The van der Waals surface area contributed by atoms with E-state index in [4.69, 9.17) is 9.26 Å². The van der Waals surface area contributed by atoms with Crippen LogP contribution >= 0.6 is 0 Å². The molecule has 2 aromatic rings. The maximum Gasteiger partial charge on any atom is 0.223 e. The molecule has 0 aliphatic heterocycles. The van der Waals surface area contributed by atoms with E-state index in [-0.39, 0.29) is 18.4 Å². The lowest BCUT2D eigenvalue weighted by Crippen LogP contribution is -2.25. The standard InChI is InChI=1S/C16H21N3O3/c1-11(8-13-6-4-5-7-14(13)21-3)9-16(20)17-10-15-18-12(2)22-19-15/h4-7,11H,8-10H2,1-3H3,(H,17,20)/t11-/m0/s1.